The van der Waals surface area contributed by atoms with Crippen molar-refractivity contribution in [2.45, 2.75) is 27.7 Å². The van der Waals surface area contributed by atoms with E-state index in [2.05, 4.69) is 55.9 Å². The van der Waals surface area contributed by atoms with Gasteiger partial charge in [0.1, 0.15) is 0 Å². The molecule has 0 aliphatic rings. The Balaban J connectivity index is -0.000000219. The molecule has 0 amide bonds. The SMILES string of the molecule is CC[N+](CC)(CC)CC.C[N+](C)(C)C.O=S(=O)([O-])[O-]. The van der Waals surface area contributed by atoms with Crippen LogP contribution in [-0.2, 0) is 10.4 Å². The molecule has 0 aromatic rings. The van der Waals surface area contributed by atoms with Crippen LogP contribution in [0.15, 0.2) is 0 Å². The van der Waals surface area contributed by atoms with Crippen molar-refractivity contribution in [3.05, 3.63) is 0 Å². The Bertz CT molecular complexity index is 262. The van der Waals surface area contributed by atoms with E-state index < -0.39 is 10.4 Å². The minimum atomic E-state index is -5.17. The molecule has 0 aromatic heterocycles. The van der Waals surface area contributed by atoms with E-state index in [1.165, 1.54) is 30.7 Å². The Kier molecular flexibility index (Phi) is 13.3. The van der Waals surface area contributed by atoms with E-state index in [-0.39, 0.29) is 0 Å². The summed E-state index contributed by atoms with van der Waals surface area (Å²) in [6.45, 7) is 14.2. The van der Waals surface area contributed by atoms with Gasteiger partial charge in [0.05, 0.1) is 54.4 Å². The predicted octanol–water partition coefficient (Wildman–Crippen LogP) is 0.867. The van der Waals surface area contributed by atoms with Gasteiger partial charge in [-0.2, -0.15) is 0 Å². The van der Waals surface area contributed by atoms with Gasteiger partial charge < -0.3 is 18.1 Å². The van der Waals surface area contributed by atoms with Gasteiger partial charge in [-0.25, -0.2) is 0 Å². The van der Waals surface area contributed by atoms with Crippen LogP contribution in [0.2, 0.25) is 0 Å². The average molecular weight is 300 g/mol. The van der Waals surface area contributed by atoms with Gasteiger partial charge in [-0.3, -0.25) is 8.42 Å². The van der Waals surface area contributed by atoms with Crippen LogP contribution in [0.1, 0.15) is 27.7 Å². The van der Waals surface area contributed by atoms with Gasteiger partial charge in [0, 0.05) is 10.4 Å². The van der Waals surface area contributed by atoms with Crippen molar-refractivity contribution in [3.8, 4) is 0 Å². The molecule has 0 saturated carbocycles. The third-order valence-corrected chi connectivity index (χ3v) is 2.68. The lowest BCUT2D eigenvalue weighted by Crippen LogP contribution is -2.47. The molecule has 6 nitrogen and oxygen atoms in total. The summed E-state index contributed by atoms with van der Waals surface area (Å²) in [6.07, 6.45) is 0. The maximum absolute atomic E-state index is 8.52. The first-order chi connectivity index (χ1) is 8.24. The molecular formula is C12H32N2O4S. The van der Waals surface area contributed by atoms with E-state index in [1.807, 2.05) is 0 Å². The molecule has 0 aliphatic heterocycles. The largest absolute Gasteiger partial charge is 0.759 e. The van der Waals surface area contributed by atoms with Crippen LogP contribution in [0.25, 0.3) is 0 Å². The van der Waals surface area contributed by atoms with Gasteiger partial charge >= 0.3 is 0 Å². The number of hydrogen-bond donors (Lipinski definition) is 0. The number of rotatable bonds is 4. The highest BCUT2D eigenvalue weighted by atomic mass is 32.3. The quantitative estimate of drug-likeness (QED) is 0.438. The normalized spacial score (nSPS) is 11.9. The minimum absolute atomic E-state index is 1.00. The topological polar surface area (TPSA) is 80.3 Å². The second-order valence-corrected chi connectivity index (χ2v) is 6.51. The first-order valence-corrected chi connectivity index (χ1v) is 7.88. The van der Waals surface area contributed by atoms with Crippen molar-refractivity contribution in [1.29, 1.82) is 0 Å². The van der Waals surface area contributed by atoms with Crippen molar-refractivity contribution >= 4 is 10.4 Å². The highest BCUT2D eigenvalue weighted by Crippen LogP contribution is 2.03. The first-order valence-electron chi connectivity index (χ1n) is 6.55. The van der Waals surface area contributed by atoms with E-state index in [1.54, 1.807) is 0 Å². The van der Waals surface area contributed by atoms with Crippen molar-refractivity contribution in [1.82, 2.24) is 0 Å². The third kappa shape index (κ3) is 31.9. The van der Waals surface area contributed by atoms with Crippen LogP contribution >= 0.6 is 0 Å². The molecule has 0 fully saturated rings. The molecule has 0 unspecified atom stereocenters. The van der Waals surface area contributed by atoms with Gasteiger partial charge in [-0.1, -0.05) is 0 Å². The van der Waals surface area contributed by atoms with E-state index >= 15 is 0 Å². The molecule has 0 rings (SSSR count). The summed E-state index contributed by atoms with van der Waals surface area (Å²) < 4.78 is 36.4. The summed E-state index contributed by atoms with van der Waals surface area (Å²) in [4.78, 5) is 0. The molecule has 0 atom stereocenters. The summed E-state index contributed by atoms with van der Waals surface area (Å²) in [7, 11) is 3.33. The fraction of sp³-hybridized carbons (Fsp3) is 1.00. The smallest absolute Gasteiger partial charge is 0.0757 e. The lowest BCUT2D eigenvalue weighted by molar-refractivity contribution is -0.921. The monoisotopic (exact) mass is 300 g/mol. The third-order valence-electron chi connectivity index (χ3n) is 2.68. The summed E-state index contributed by atoms with van der Waals surface area (Å²) in [5, 5.41) is 0. The maximum Gasteiger partial charge on any atom is 0.0757 e. The van der Waals surface area contributed by atoms with Gasteiger partial charge in [0.15, 0.2) is 0 Å². The molecule has 0 radical (unpaired) electrons. The molecule has 19 heavy (non-hydrogen) atoms. The minimum Gasteiger partial charge on any atom is -0.759 e. The molecule has 120 valence electrons. The van der Waals surface area contributed by atoms with Crippen LogP contribution in [0.3, 0.4) is 0 Å². The van der Waals surface area contributed by atoms with E-state index in [4.69, 9.17) is 17.5 Å². The first kappa shape index (κ1) is 23.9. The predicted molar refractivity (Wildman–Crippen MR) is 76.9 cm³/mol. The molecular weight excluding hydrogens is 268 g/mol. The van der Waals surface area contributed by atoms with Crippen LogP contribution < -0.4 is 0 Å². The Hall–Kier alpha value is -0.210. The highest BCUT2D eigenvalue weighted by molar-refractivity contribution is 7.79. The van der Waals surface area contributed by atoms with Crippen LogP contribution in [0, 0.1) is 0 Å². The standard InChI is InChI=1S/C8H20N.C4H12N.H2O4S/c1-5-9(6-2,7-3)8-4;2*1-5(2,3)4/h5-8H2,1-4H3;1-4H3;(H2,1,2,3,4)/q2*+1;/p-2. The van der Waals surface area contributed by atoms with Crippen molar-refractivity contribution in [3.63, 3.8) is 0 Å². The van der Waals surface area contributed by atoms with E-state index in [0.29, 0.717) is 0 Å². The van der Waals surface area contributed by atoms with Crippen molar-refractivity contribution in [2.24, 2.45) is 0 Å². The molecule has 0 heterocycles. The molecule has 0 saturated heterocycles. The second kappa shape index (κ2) is 10.6. The fourth-order valence-electron chi connectivity index (χ4n) is 1.34. The zero-order valence-electron chi connectivity index (χ0n) is 13.8. The highest BCUT2D eigenvalue weighted by Gasteiger charge is 2.16. The van der Waals surface area contributed by atoms with Crippen LogP contribution in [0.5, 0.6) is 0 Å². The number of nitrogens with zero attached hydrogens (tertiary/aromatic N) is 2. The lowest BCUT2D eigenvalue weighted by Gasteiger charge is -2.34. The van der Waals surface area contributed by atoms with Gasteiger partial charge in [-0.15, -0.1) is 0 Å². The van der Waals surface area contributed by atoms with Gasteiger partial charge in [0.25, 0.3) is 0 Å². The number of quaternary nitrogens is 2. The molecule has 0 bridgehead atoms. The molecule has 0 aromatic carbocycles. The zero-order valence-corrected chi connectivity index (χ0v) is 14.6. The summed E-state index contributed by atoms with van der Waals surface area (Å²) in [5.41, 5.74) is 0. The van der Waals surface area contributed by atoms with Crippen molar-refractivity contribution in [2.75, 3.05) is 54.4 Å². The Morgan fingerprint density at radius 2 is 0.842 bits per heavy atom. The fourth-order valence-corrected chi connectivity index (χ4v) is 1.34. The van der Waals surface area contributed by atoms with E-state index in [0.717, 1.165) is 4.48 Å². The lowest BCUT2D eigenvalue weighted by atomic mass is 10.3. The second-order valence-electron chi connectivity index (χ2n) is 5.70. The Labute approximate surface area is 119 Å². The summed E-state index contributed by atoms with van der Waals surface area (Å²) >= 11 is 0. The van der Waals surface area contributed by atoms with E-state index in [9.17, 15) is 0 Å². The zero-order chi connectivity index (χ0) is 16.3. The molecule has 7 heteroatoms. The summed E-state index contributed by atoms with van der Waals surface area (Å²) in [6, 6.07) is 0. The van der Waals surface area contributed by atoms with Gasteiger partial charge in [-0.05, 0) is 27.7 Å². The summed E-state index contributed by atoms with van der Waals surface area (Å²) in [5.74, 6) is 0. The van der Waals surface area contributed by atoms with Crippen LogP contribution in [0.4, 0.5) is 0 Å². The average Bonchev–Trinajstić information content (AvgIpc) is 2.17. The molecule has 0 aliphatic carbocycles. The van der Waals surface area contributed by atoms with Gasteiger partial charge in [0.2, 0.25) is 0 Å². The maximum atomic E-state index is 8.52. The number of hydrogen-bond acceptors (Lipinski definition) is 4. The molecule has 0 spiro atoms. The van der Waals surface area contributed by atoms with Crippen LogP contribution in [-0.4, -0.2) is 80.9 Å². The Morgan fingerprint density at radius 3 is 0.842 bits per heavy atom. The molecule has 0 N–H and O–H groups in total. The Morgan fingerprint density at radius 1 is 0.737 bits per heavy atom. The van der Waals surface area contributed by atoms with Crippen molar-refractivity contribution < 1.29 is 26.5 Å².